The van der Waals surface area contributed by atoms with Gasteiger partial charge in [-0.2, -0.15) is 0 Å². The van der Waals surface area contributed by atoms with Crippen molar-refractivity contribution in [3.05, 3.63) is 22.8 Å². The molecule has 1 aromatic carbocycles. The van der Waals surface area contributed by atoms with Gasteiger partial charge in [-0.05, 0) is 51.3 Å². The molecule has 0 bridgehead atoms. The smallest absolute Gasteiger partial charge is 0.145 e. The quantitative estimate of drug-likeness (QED) is 0.893. The van der Waals surface area contributed by atoms with Crippen LogP contribution in [-0.2, 0) is 0 Å². The number of anilines is 1. The van der Waals surface area contributed by atoms with Gasteiger partial charge in [-0.1, -0.05) is 6.07 Å². The largest absolute Gasteiger partial charge is 0.494 e. The molecule has 1 N–H and O–H groups in total. The van der Waals surface area contributed by atoms with Gasteiger partial charge in [0.25, 0.3) is 0 Å². The Hall–Kier alpha value is -1.22. The molecule has 18 heavy (non-hydrogen) atoms. The lowest BCUT2D eigenvalue weighted by Gasteiger charge is -2.30. The number of ether oxygens (including phenoxy) is 1. The minimum atomic E-state index is -0.731. The molecule has 0 amide bonds. The fraction of sp³-hybridized carbons (Fsp3) is 0.600. The molecule has 0 aromatic heterocycles. The van der Waals surface area contributed by atoms with Crippen LogP contribution in [0, 0.1) is 20.8 Å². The molecule has 0 fully saturated rings. The van der Waals surface area contributed by atoms with Crippen molar-refractivity contribution in [3.8, 4) is 5.75 Å². The minimum absolute atomic E-state index is 0.562. The summed E-state index contributed by atoms with van der Waals surface area (Å²) >= 11 is 0. The summed E-state index contributed by atoms with van der Waals surface area (Å²) in [4.78, 5) is 2.06. The molecule has 0 radical (unpaired) electrons. The summed E-state index contributed by atoms with van der Waals surface area (Å²) in [5.41, 5.74) is 3.88. The van der Waals surface area contributed by atoms with E-state index in [1.807, 2.05) is 20.9 Å². The molecule has 0 aliphatic heterocycles. The van der Waals surface area contributed by atoms with Crippen LogP contribution >= 0.6 is 0 Å². The molecule has 3 heteroatoms. The van der Waals surface area contributed by atoms with Crippen LogP contribution in [-0.4, -0.2) is 31.4 Å². The summed E-state index contributed by atoms with van der Waals surface area (Å²) in [5, 5.41) is 9.95. The Balaban J connectivity index is 3.27. The number of aliphatic hydroxyl groups is 1. The van der Waals surface area contributed by atoms with E-state index in [4.69, 9.17) is 4.74 Å². The van der Waals surface area contributed by atoms with Gasteiger partial charge in [-0.25, -0.2) is 0 Å². The first-order valence-electron chi connectivity index (χ1n) is 6.25. The highest BCUT2D eigenvalue weighted by molar-refractivity contribution is 5.68. The molecule has 0 saturated heterocycles. The Labute approximate surface area is 110 Å². The minimum Gasteiger partial charge on any atom is -0.494 e. The zero-order valence-electron chi connectivity index (χ0n) is 12.6. The van der Waals surface area contributed by atoms with Crippen LogP contribution in [0.1, 0.15) is 30.5 Å². The summed E-state index contributed by atoms with van der Waals surface area (Å²) < 4.78 is 5.55. The maximum Gasteiger partial charge on any atom is 0.145 e. The van der Waals surface area contributed by atoms with Gasteiger partial charge >= 0.3 is 0 Å². The maximum absolute atomic E-state index is 9.95. The predicted octanol–water partition coefficient (Wildman–Crippen LogP) is 2.83. The molecule has 0 spiro atoms. The van der Waals surface area contributed by atoms with Gasteiger partial charge in [0.1, 0.15) is 5.75 Å². The highest BCUT2D eigenvalue weighted by atomic mass is 16.5. The molecular weight excluding hydrogens is 226 g/mol. The summed E-state index contributed by atoms with van der Waals surface area (Å²) in [6, 6.07) is 2.16. The van der Waals surface area contributed by atoms with E-state index in [9.17, 15) is 5.11 Å². The van der Waals surface area contributed by atoms with Crippen molar-refractivity contribution in [1.29, 1.82) is 0 Å². The van der Waals surface area contributed by atoms with Gasteiger partial charge < -0.3 is 14.7 Å². The van der Waals surface area contributed by atoms with Crippen LogP contribution < -0.4 is 9.64 Å². The highest BCUT2D eigenvalue weighted by Crippen LogP contribution is 2.36. The number of likely N-dealkylation sites (N-methyl/N-ethyl adjacent to an activating group) is 1. The van der Waals surface area contributed by atoms with Crippen LogP contribution in [0.4, 0.5) is 5.69 Å². The topological polar surface area (TPSA) is 32.7 Å². The Morgan fingerprint density at radius 3 is 2.22 bits per heavy atom. The van der Waals surface area contributed by atoms with E-state index >= 15 is 0 Å². The van der Waals surface area contributed by atoms with Crippen molar-refractivity contribution in [2.45, 2.75) is 40.2 Å². The number of hydrogen-bond donors (Lipinski definition) is 1. The predicted molar refractivity (Wildman–Crippen MR) is 76.8 cm³/mol. The number of aryl methyl sites for hydroxylation is 2. The molecule has 1 aromatic rings. The lowest BCUT2D eigenvalue weighted by Crippen LogP contribution is -2.36. The second-order valence-corrected chi connectivity index (χ2v) is 5.69. The van der Waals surface area contributed by atoms with Gasteiger partial charge in [0.2, 0.25) is 0 Å². The SMILES string of the molecule is COc1c(C)c(C)cc(C)c1N(C)CC(C)(C)O. The number of nitrogens with zero attached hydrogens (tertiary/aromatic N) is 1. The van der Waals surface area contributed by atoms with Crippen molar-refractivity contribution in [3.63, 3.8) is 0 Å². The first kappa shape index (κ1) is 14.8. The van der Waals surface area contributed by atoms with Crippen molar-refractivity contribution in [1.82, 2.24) is 0 Å². The van der Waals surface area contributed by atoms with E-state index in [1.165, 1.54) is 11.1 Å². The average Bonchev–Trinajstić information content (AvgIpc) is 2.19. The second-order valence-electron chi connectivity index (χ2n) is 5.69. The lowest BCUT2D eigenvalue weighted by molar-refractivity contribution is 0.0885. The number of benzene rings is 1. The first-order valence-corrected chi connectivity index (χ1v) is 6.25. The zero-order valence-corrected chi connectivity index (χ0v) is 12.6. The van der Waals surface area contributed by atoms with E-state index in [2.05, 4.69) is 31.7 Å². The Bertz CT molecular complexity index is 433. The fourth-order valence-corrected chi connectivity index (χ4v) is 2.42. The van der Waals surface area contributed by atoms with E-state index < -0.39 is 5.60 Å². The van der Waals surface area contributed by atoms with Gasteiger partial charge in [0.15, 0.2) is 0 Å². The monoisotopic (exact) mass is 251 g/mol. The molecule has 0 heterocycles. The fourth-order valence-electron chi connectivity index (χ4n) is 2.42. The number of methoxy groups -OCH3 is 1. The third-order valence-electron chi connectivity index (χ3n) is 3.16. The van der Waals surface area contributed by atoms with Crippen LogP contribution in [0.25, 0.3) is 0 Å². The van der Waals surface area contributed by atoms with Gasteiger partial charge in [-0.15, -0.1) is 0 Å². The molecular formula is C15H25NO2. The summed E-state index contributed by atoms with van der Waals surface area (Å²) in [6.45, 7) is 10.4. The average molecular weight is 251 g/mol. The van der Waals surface area contributed by atoms with Crippen LogP contribution in [0.3, 0.4) is 0 Å². The highest BCUT2D eigenvalue weighted by Gasteiger charge is 2.21. The Morgan fingerprint density at radius 2 is 1.78 bits per heavy atom. The van der Waals surface area contributed by atoms with Crippen LogP contribution in [0.2, 0.25) is 0 Å². The third kappa shape index (κ3) is 3.16. The van der Waals surface area contributed by atoms with E-state index in [-0.39, 0.29) is 0 Å². The van der Waals surface area contributed by atoms with Crippen molar-refractivity contribution < 1.29 is 9.84 Å². The molecule has 0 aliphatic rings. The Morgan fingerprint density at radius 1 is 1.22 bits per heavy atom. The zero-order chi connectivity index (χ0) is 14.1. The maximum atomic E-state index is 9.95. The second kappa shape index (κ2) is 5.19. The number of hydrogen-bond acceptors (Lipinski definition) is 3. The molecule has 1 rings (SSSR count). The van der Waals surface area contributed by atoms with Crippen LogP contribution in [0.15, 0.2) is 6.07 Å². The van der Waals surface area contributed by atoms with E-state index in [1.54, 1.807) is 7.11 Å². The van der Waals surface area contributed by atoms with Crippen molar-refractivity contribution in [2.75, 3.05) is 25.6 Å². The summed E-state index contributed by atoms with van der Waals surface area (Å²) in [7, 11) is 3.68. The Kier molecular flexibility index (Phi) is 4.28. The molecule has 0 aliphatic carbocycles. The van der Waals surface area contributed by atoms with Gasteiger partial charge in [-0.3, -0.25) is 0 Å². The molecule has 102 valence electrons. The lowest BCUT2D eigenvalue weighted by atomic mass is 10.0. The van der Waals surface area contributed by atoms with E-state index in [0.717, 1.165) is 17.0 Å². The normalized spacial score (nSPS) is 11.6. The molecule has 3 nitrogen and oxygen atoms in total. The van der Waals surface area contributed by atoms with Gasteiger partial charge in [0, 0.05) is 13.6 Å². The first-order chi connectivity index (χ1) is 8.17. The standard InChI is InChI=1S/C15H25NO2/c1-10-8-11(2)13(14(18-7)12(10)3)16(6)9-15(4,5)17/h8,17H,9H2,1-7H3. The van der Waals surface area contributed by atoms with Crippen molar-refractivity contribution in [2.24, 2.45) is 0 Å². The van der Waals surface area contributed by atoms with Crippen LogP contribution in [0.5, 0.6) is 5.75 Å². The number of rotatable bonds is 4. The van der Waals surface area contributed by atoms with Crippen molar-refractivity contribution >= 4 is 5.69 Å². The third-order valence-corrected chi connectivity index (χ3v) is 3.16. The van der Waals surface area contributed by atoms with E-state index in [0.29, 0.717) is 6.54 Å². The summed E-state index contributed by atoms with van der Waals surface area (Å²) in [6.07, 6.45) is 0. The molecule has 0 saturated carbocycles. The molecule has 0 atom stereocenters. The summed E-state index contributed by atoms with van der Waals surface area (Å²) in [5.74, 6) is 0.902. The van der Waals surface area contributed by atoms with Gasteiger partial charge in [0.05, 0.1) is 18.4 Å². The molecule has 0 unspecified atom stereocenters.